The molecule has 2 aliphatic rings. The van der Waals surface area contributed by atoms with Gasteiger partial charge in [0.1, 0.15) is 0 Å². The van der Waals surface area contributed by atoms with Gasteiger partial charge in [0.25, 0.3) is 0 Å². The molecule has 3 N–H and O–H groups in total. The van der Waals surface area contributed by atoms with Gasteiger partial charge >= 0.3 is 0 Å². The number of rotatable bonds is 5. The Balaban J connectivity index is 0.00000144. The van der Waals surface area contributed by atoms with Crippen LogP contribution in [0, 0.1) is 11.3 Å². The van der Waals surface area contributed by atoms with E-state index in [1.54, 1.807) is 0 Å². The second kappa shape index (κ2) is 6.05. The third-order valence-corrected chi connectivity index (χ3v) is 4.48. The number of hydrogen-bond donors (Lipinski definition) is 2. The van der Waals surface area contributed by atoms with Crippen LogP contribution < -0.4 is 11.1 Å². The van der Waals surface area contributed by atoms with Crippen molar-refractivity contribution in [3.63, 3.8) is 0 Å². The van der Waals surface area contributed by atoms with Crippen LogP contribution in [0.5, 0.6) is 0 Å². The standard InChI is InChI=1S/C13H24N2O.ClH/c1-2-13(7-3-4-8-13)12(16)15-11(9-14)10-5-6-10;/h10-11H,2-9,14H2,1H3,(H,15,16);1H. The summed E-state index contributed by atoms with van der Waals surface area (Å²) in [7, 11) is 0. The van der Waals surface area contributed by atoms with E-state index in [-0.39, 0.29) is 29.8 Å². The second-order valence-electron chi connectivity index (χ2n) is 5.49. The zero-order valence-corrected chi connectivity index (χ0v) is 11.5. The molecule has 0 radical (unpaired) electrons. The van der Waals surface area contributed by atoms with Crippen molar-refractivity contribution in [3.05, 3.63) is 0 Å². The van der Waals surface area contributed by atoms with Crippen LogP contribution in [0.15, 0.2) is 0 Å². The molecular weight excluding hydrogens is 236 g/mol. The highest BCUT2D eigenvalue weighted by molar-refractivity contribution is 5.85. The van der Waals surface area contributed by atoms with Crippen molar-refractivity contribution in [2.45, 2.75) is 57.9 Å². The highest BCUT2D eigenvalue weighted by Crippen LogP contribution is 2.41. The molecule has 17 heavy (non-hydrogen) atoms. The molecule has 0 bridgehead atoms. The Morgan fingerprint density at radius 3 is 2.41 bits per heavy atom. The molecule has 0 aliphatic heterocycles. The number of carbonyl (C=O) groups excluding carboxylic acids is 1. The van der Waals surface area contributed by atoms with Crippen molar-refractivity contribution in [1.29, 1.82) is 0 Å². The van der Waals surface area contributed by atoms with E-state index < -0.39 is 0 Å². The van der Waals surface area contributed by atoms with Crippen LogP contribution in [0.3, 0.4) is 0 Å². The van der Waals surface area contributed by atoms with Gasteiger partial charge in [0.05, 0.1) is 0 Å². The average molecular weight is 261 g/mol. The predicted octanol–water partition coefficient (Wildman–Crippen LogP) is 2.23. The molecule has 2 fully saturated rings. The molecule has 1 unspecified atom stereocenters. The van der Waals surface area contributed by atoms with Gasteiger partial charge in [-0.3, -0.25) is 4.79 Å². The van der Waals surface area contributed by atoms with Crippen LogP contribution in [-0.4, -0.2) is 18.5 Å². The average Bonchev–Trinajstić information content (AvgIpc) is 3.02. The van der Waals surface area contributed by atoms with Crippen LogP contribution in [0.1, 0.15) is 51.9 Å². The molecule has 0 spiro atoms. The van der Waals surface area contributed by atoms with Gasteiger partial charge in [-0.15, -0.1) is 12.4 Å². The zero-order chi connectivity index (χ0) is 11.6. The van der Waals surface area contributed by atoms with E-state index >= 15 is 0 Å². The van der Waals surface area contributed by atoms with Gasteiger partial charge in [0.15, 0.2) is 0 Å². The monoisotopic (exact) mass is 260 g/mol. The van der Waals surface area contributed by atoms with Crippen molar-refractivity contribution >= 4 is 18.3 Å². The lowest BCUT2D eigenvalue weighted by Crippen LogP contribution is -2.48. The van der Waals surface area contributed by atoms with Gasteiger partial charge in [-0.2, -0.15) is 0 Å². The predicted molar refractivity (Wildman–Crippen MR) is 72.1 cm³/mol. The molecule has 1 amide bonds. The molecule has 2 aliphatic carbocycles. The summed E-state index contributed by atoms with van der Waals surface area (Å²) in [5.74, 6) is 0.930. The van der Waals surface area contributed by atoms with Gasteiger partial charge in [-0.25, -0.2) is 0 Å². The number of nitrogens with two attached hydrogens (primary N) is 1. The Morgan fingerprint density at radius 2 is 2.00 bits per heavy atom. The van der Waals surface area contributed by atoms with Gasteiger partial charge in [-0.05, 0) is 38.0 Å². The van der Waals surface area contributed by atoms with Gasteiger partial charge < -0.3 is 11.1 Å². The van der Waals surface area contributed by atoms with E-state index in [9.17, 15) is 4.79 Å². The number of nitrogens with one attached hydrogen (secondary N) is 1. The lowest BCUT2D eigenvalue weighted by atomic mass is 9.82. The van der Waals surface area contributed by atoms with Crippen molar-refractivity contribution in [3.8, 4) is 0 Å². The first-order valence-electron chi connectivity index (χ1n) is 6.73. The van der Waals surface area contributed by atoms with Crippen LogP contribution >= 0.6 is 12.4 Å². The summed E-state index contributed by atoms with van der Waals surface area (Å²) in [6, 6.07) is 0.233. The Hall–Kier alpha value is -0.280. The summed E-state index contributed by atoms with van der Waals surface area (Å²) < 4.78 is 0. The number of halogens is 1. The minimum absolute atomic E-state index is 0. The SMILES string of the molecule is CCC1(C(=O)NC(CN)C2CC2)CCCC1.Cl. The molecule has 0 aromatic heterocycles. The quantitative estimate of drug-likeness (QED) is 0.797. The van der Waals surface area contributed by atoms with Gasteiger partial charge in [0, 0.05) is 18.0 Å². The van der Waals surface area contributed by atoms with E-state index in [1.165, 1.54) is 25.7 Å². The zero-order valence-electron chi connectivity index (χ0n) is 10.7. The van der Waals surface area contributed by atoms with Crippen molar-refractivity contribution < 1.29 is 4.79 Å². The van der Waals surface area contributed by atoms with Crippen molar-refractivity contribution in [2.24, 2.45) is 17.1 Å². The molecule has 4 heteroatoms. The maximum Gasteiger partial charge on any atom is 0.226 e. The summed E-state index contributed by atoms with van der Waals surface area (Å²) in [5, 5.41) is 3.20. The molecule has 0 saturated heterocycles. The smallest absolute Gasteiger partial charge is 0.226 e. The second-order valence-corrected chi connectivity index (χ2v) is 5.49. The van der Waals surface area contributed by atoms with E-state index in [1.807, 2.05) is 0 Å². The fourth-order valence-electron chi connectivity index (χ4n) is 2.98. The van der Waals surface area contributed by atoms with E-state index in [0.29, 0.717) is 12.5 Å². The molecule has 2 saturated carbocycles. The fraction of sp³-hybridized carbons (Fsp3) is 0.923. The lowest BCUT2D eigenvalue weighted by molar-refractivity contribution is -0.131. The normalized spacial score (nSPS) is 23.9. The molecule has 0 heterocycles. The summed E-state index contributed by atoms with van der Waals surface area (Å²) in [6.45, 7) is 2.73. The maximum absolute atomic E-state index is 12.3. The van der Waals surface area contributed by atoms with Crippen molar-refractivity contribution in [1.82, 2.24) is 5.32 Å². The molecule has 2 rings (SSSR count). The first kappa shape index (κ1) is 14.8. The molecule has 0 aromatic rings. The summed E-state index contributed by atoms with van der Waals surface area (Å²) in [6.07, 6.45) is 7.99. The molecule has 0 aromatic carbocycles. The molecule has 100 valence electrons. The molecular formula is C13H25ClN2O. The van der Waals surface area contributed by atoms with Crippen LogP contribution in [0.4, 0.5) is 0 Å². The Morgan fingerprint density at radius 1 is 1.41 bits per heavy atom. The highest BCUT2D eigenvalue weighted by atomic mass is 35.5. The van der Waals surface area contributed by atoms with Gasteiger partial charge in [0.2, 0.25) is 5.91 Å². The molecule has 1 atom stereocenters. The Labute approximate surface area is 110 Å². The van der Waals surface area contributed by atoms with Crippen LogP contribution in [0.2, 0.25) is 0 Å². The van der Waals surface area contributed by atoms with E-state index in [2.05, 4.69) is 12.2 Å². The van der Waals surface area contributed by atoms with Crippen LogP contribution in [0.25, 0.3) is 0 Å². The number of carbonyl (C=O) groups is 1. The first-order valence-corrected chi connectivity index (χ1v) is 6.73. The summed E-state index contributed by atoms with van der Waals surface area (Å²) in [5.41, 5.74) is 5.66. The summed E-state index contributed by atoms with van der Waals surface area (Å²) in [4.78, 5) is 12.3. The largest absolute Gasteiger partial charge is 0.351 e. The third kappa shape index (κ3) is 3.14. The first-order chi connectivity index (χ1) is 7.72. The topological polar surface area (TPSA) is 55.1 Å². The highest BCUT2D eigenvalue weighted by Gasteiger charge is 2.41. The Bertz CT molecular complexity index is 260. The summed E-state index contributed by atoms with van der Waals surface area (Å²) >= 11 is 0. The van der Waals surface area contributed by atoms with E-state index in [0.717, 1.165) is 19.3 Å². The fourth-order valence-corrected chi connectivity index (χ4v) is 2.98. The molecule has 3 nitrogen and oxygen atoms in total. The number of amides is 1. The minimum Gasteiger partial charge on any atom is -0.351 e. The third-order valence-electron chi connectivity index (χ3n) is 4.48. The van der Waals surface area contributed by atoms with E-state index in [4.69, 9.17) is 5.73 Å². The number of hydrogen-bond acceptors (Lipinski definition) is 2. The lowest BCUT2D eigenvalue weighted by Gasteiger charge is -2.29. The van der Waals surface area contributed by atoms with Gasteiger partial charge in [-0.1, -0.05) is 19.8 Å². The van der Waals surface area contributed by atoms with Crippen LogP contribution in [-0.2, 0) is 4.79 Å². The van der Waals surface area contributed by atoms with Crippen molar-refractivity contribution in [2.75, 3.05) is 6.54 Å². The maximum atomic E-state index is 12.3. The Kier molecular flexibility index (Phi) is 5.26. The minimum atomic E-state index is -0.0672.